The van der Waals surface area contributed by atoms with Gasteiger partial charge in [0.05, 0.1) is 16.0 Å². The second-order valence-electron chi connectivity index (χ2n) is 4.30. The van der Waals surface area contributed by atoms with Gasteiger partial charge in [-0.05, 0) is 25.1 Å². The molecule has 0 aliphatic carbocycles. The predicted molar refractivity (Wildman–Crippen MR) is 77.9 cm³/mol. The van der Waals surface area contributed by atoms with Crippen LogP contribution in [0.15, 0.2) is 30.6 Å². The standard InChI is InChI=1S/C13H14N4OS/c1-8(6-12(14)19)17-13(18)9-2-3-10-11(7-9)16-5-4-15-10/h2-5,7-8H,6H2,1H3,(H2,14,19)(H,17,18). The number of nitrogens with one attached hydrogen (secondary N) is 1. The van der Waals surface area contributed by atoms with Crippen molar-refractivity contribution >= 4 is 34.1 Å². The lowest BCUT2D eigenvalue weighted by atomic mass is 10.1. The molecule has 0 radical (unpaired) electrons. The van der Waals surface area contributed by atoms with E-state index < -0.39 is 0 Å². The Hall–Kier alpha value is -2.08. The molecule has 0 spiro atoms. The number of rotatable bonds is 4. The van der Waals surface area contributed by atoms with E-state index in [0.29, 0.717) is 22.5 Å². The summed E-state index contributed by atoms with van der Waals surface area (Å²) in [5.74, 6) is -0.170. The van der Waals surface area contributed by atoms with Crippen LogP contribution in [0.5, 0.6) is 0 Å². The maximum absolute atomic E-state index is 12.0. The van der Waals surface area contributed by atoms with E-state index in [0.717, 1.165) is 5.52 Å². The van der Waals surface area contributed by atoms with Gasteiger partial charge in [0.1, 0.15) is 0 Å². The Morgan fingerprint density at radius 3 is 2.74 bits per heavy atom. The number of carbonyl (C=O) groups excluding carboxylic acids is 1. The maximum Gasteiger partial charge on any atom is 0.251 e. The quantitative estimate of drug-likeness (QED) is 0.824. The summed E-state index contributed by atoms with van der Waals surface area (Å²) >= 11 is 4.81. The molecule has 0 aliphatic rings. The number of carbonyl (C=O) groups is 1. The van der Waals surface area contributed by atoms with Gasteiger partial charge in [-0.3, -0.25) is 14.8 Å². The summed E-state index contributed by atoms with van der Waals surface area (Å²) in [6, 6.07) is 5.11. The molecular formula is C13H14N4OS. The zero-order valence-electron chi connectivity index (χ0n) is 10.5. The Kier molecular flexibility index (Phi) is 4.01. The number of amides is 1. The van der Waals surface area contributed by atoms with E-state index in [4.69, 9.17) is 18.0 Å². The summed E-state index contributed by atoms with van der Waals surface area (Å²) < 4.78 is 0. The van der Waals surface area contributed by atoms with Gasteiger partial charge < -0.3 is 11.1 Å². The number of thiocarbonyl (C=S) groups is 1. The Bertz CT molecular complexity index is 629. The van der Waals surface area contributed by atoms with Gasteiger partial charge in [-0.15, -0.1) is 0 Å². The Morgan fingerprint density at radius 2 is 2.05 bits per heavy atom. The van der Waals surface area contributed by atoms with E-state index in [1.54, 1.807) is 30.6 Å². The number of fused-ring (bicyclic) bond motifs is 1. The molecule has 98 valence electrons. The molecule has 2 rings (SSSR count). The van der Waals surface area contributed by atoms with Crippen LogP contribution in [0.1, 0.15) is 23.7 Å². The molecule has 1 heterocycles. The molecule has 0 saturated heterocycles. The zero-order chi connectivity index (χ0) is 13.8. The van der Waals surface area contributed by atoms with Crippen molar-refractivity contribution in [1.29, 1.82) is 0 Å². The molecule has 19 heavy (non-hydrogen) atoms. The van der Waals surface area contributed by atoms with Gasteiger partial charge in [-0.1, -0.05) is 12.2 Å². The highest BCUT2D eigenvalue weighted by molar-refractivity contribution is 7.80. The fraction of sp³-hybridized carbons (Fsp3) is 0.231. The van der Waals surface area contributed by atoms with Crippen LogP contribution < -0.4 is 11.1 Å². The topological polar surface area (TPSA) is 80.9 Å². The molecule has 0 aliphatic heterocycles. The average molecular weight is 274 g/mol. The summed E-state index contributed by atoms with van der Waals surface area (Å²) in [6.45, 7) is 1.86. The van der Waals surface area contributed by atoms with Crippen LogP contribution in [0.4, 0.5) is 0 Å². The van der Waals surface area contributed by atoms with Crippen molar-refractivity contribution in [2.45, 2.75) is 19.4 Å². The van der Waals surface area contributed by atoms with E-state index >= 15 is 0 Å². The minimum absolute atomic E-state index is 0.0949. The Morgan fingerprint density at radius 1 is 1.37 bits per heavy atom. The molecule has 1 atom stereocenters. The number of hydrogen-bond donors (Lipinski definition) is 2. The first-order valence-electron chi connectivity index (χ1n) is 5.86. The van der Waals surface area contributed by atoms with E-state index in [2.05, 4.69) is 15.3 Å². The average Bonchev–Trinajstić information content (AvgIpc) is 2.37. The molecule has 1 unspecified atom stereocenters. The first-order valence-corrected chi connectivity index (χ1v) is 6.27. The van der Waals surface area contributed by atoms with E-state index in [-0.39, 0.29) is 11.9 Å². The third-order valence-corrected chi connectivity index (χ3v) is 2.78. The largest absolute Gasteiger partial charge is 0.393 e. The summed E-state index contributed by atoms with van der Waals surface area (Å²) in [5.41, 5.74) is 7.44. The van der Waals surface area contributed by atoms with Gasteiger partial charge in [0.15, 0.2) is 0 Å². The van der Waals surface area contributed by atoms with Crippen LogP contribution >= 0.6 is 12.2 Å². The number of nitrogens with zero attached hydrogens (tertiary/aromatic N) is 2. The van der Waals surface area contributed by atoms with Crippen molar-refractivity contribution in [2.75, 3.05) is 0 Å². The monoisotopic (exact) mass is 274 g/mol. The fourth-order valence-corrected chi connectivity index (χ4v) is 2.01. The van der Waals surface area contributed by atoms with E-state index in [1.807, 2.05) is 6.92 Å². The molecule has 2 aromatic rings. The van der Waals surface area contributed by atoms with Crippen LogP contribution in [-0.4, -0.2) is 26.9 Å². The highest BCUT2D eigenvalue weighted by Crippen LogP contribution is 2.11. The van der Waals surface area contributed by atoms with Crippen LogP contribution in [0, 0.1) is 0 Å². The molecule has 6 heteroatoms. The third kappa shape index (κ3) is 3.45. The van der Waals surface area contributed by atoms with Gasteiger partial charge in [0, 0.05) is 30.4 Å². The summed E-state index contributed by atoms with van der Waals surface area (Å²) in [5, 5.41) is 2.84. The molecule has 1 amide bonds. The fourth-order valence-electron chi connectivity index (χ4n) is 1.76. The molecule has 0 bridgehead atoms. The highest BCUT2D eigenvalue weighted by Gasteiger charge is 2.11. The lowest BCUT2D eigenvalue weighted by Gasteiger charge is -2.13. The first-order chi connectivity index (χ1) is 9.06. The highest BCUT2D eigenvalue weighted by atomic mass is 32.1. The Balaban J connectivity index is 2.15. The van der Waals surface area contributed by atoms with Crippen molar-refractivity contribution in [1.82, 2.24) is 15.3 Å². The van der Waals surface area contributed by atoms with Gasteiger partial charge in [-0.2, -0.15) is 0 Å². The molecule has 5 nitrogen and oxygen atoms in total. The number of aromatic nitrogens is 2. The van der Waals surface area contributed by atoms with Crippen molar-refractivity contribution < 1.29 is 4.79 Å². The van der Waals surface area contributed by atoms with Crippen LogP contribution in [0.3, 0.4) is 0 Å². The molecule has 1 aromatic carbocycles. The normalized spacial score (nSPS) is 12.1. The van der Waals surface area contributed by atoms with Crippen molar-refractivity contribution in [3.8, 4) is 0 Å². The predicted octanol–water partition coefficient (Wildman–Crippen LogP) is 1.42. The summed E-state index contributed by atoms with van der Waals surface area (Å²) in [7, 11) is 0. The van der Waals surface area contributed by atoms with Crippen molar-refractivity contribution in [3.63, 3.8) is 0 Å². The molecule has 1 aromatic heterocycles. The maximum atomic E-state index is 12.0. The lowest BCUT2D eigenvalue weighted by molar-refractivity contribution is 0.0941. The summed E-state index contributed by atoms with van der Waals surface area (Å²) in [6.07, 6.45) is 3.69. The third-order valence-electron chi connectivity index (χ3n) is 2.62. The number of hydrogen-bond acceptors (Lipinski definition) is 4. The van der Waals surface area contributed by atoms with Gasteiger partial charge in [-0.25, -0.2) is 0 Å². The molecule has 0 fully saturated rings. The van der Waals surface area contributed by atoms with E-state index in [9.17, 15) is 4.79 Å². The molecular weight excluding hydrogens is 260 g/mol. The van der Waals surface area contributed by atoms with E-state index in [1.165, 1.54) is 0 Å². The number of benzene rings is 1. The van der Waals surface area contributed by atoms with Crippen LogP contribution in [0.2, 0.25) is 0 Å². The van der Waals surface area contributed by atoms with Crippen molar-refractivity contribution in [2.24, 2.45) is 5.73 Å². The van der Waals surface area contributed by atoms with Crippen molar-refractivity contribution in [3.05, 3.63) is 36.2 Å². The Labute approximate surface area is 116 Å². The minimum Gasteiger partial charge on any atom is -0.393 e. The number of nitrogens with two attached hydrogens (primary N) is 1. The molecule has 0 saturated carbocycles. The van der Waals surface area contributed by atoms with Gasteiger partial charge >= 0.3 is 0 Å². The minimum atomic E-state index is -0.170. The summed E-state index contributed by atoms with van der Waals surface area (Å²) in [4.78, 5) is 20.7. The SMILES string of the molecule is CC(CC(N)=S)NC(=O)c1ccc2nccnc2c1. The molecule has 3 N–H and O–H groups in total. The second kappa shape index (κ2) is 5.71. The zero-order valence-corrected chi connectivity index (χ0v) is 11.3. The van der Waals surface area contributed by atoms with Crippen LogP contribution in [0.25, 0.3) is 11.0 Å². The second-order valence-corrected chi connectivity index (χ2v) is 4.83. The smallest absolute Gasteiger partial charge is 0.251 e. The van der Waals surface area contributed by atoms with Gasteiger partial charge in [0.2, 0.25) is 0 Å². The van der Waals surface area contributed by atoms with Gasteiger partial charge in [0.25, 0.3) is 5.91 Å². The van der Waals surface area contributed by atoms with Crippen LogP contribution in [-0.2, 0) is 0 Å². The lowest BCUT2D eigenvalue weighted by Crippen LogP contribution is -2.35. The first kappa shape index (κ1) is 13.4.